The molecule has 1 heterocycles. The summed E-state index contributed by atoms with van der Waals surface area (Å²) in [5, 5.41) is 7.71. The Balaban J connectivity index is 1.53. The number of rotatable bonds is 6. The van der Waals surface area contributed by atoms with Gasteiger partial charge in [0.2, 0.25) is 16.8 Å². The molecule has 0 saturated heterocycles. The molecule has 1 aliphatic rings. The van der Waals surface area contributed by atoms with Crippen LogP contribution < -0.4 is 19.9 Å². The number of carbonyl (C=O) groups is 2. The third-order valence-electron chi connectivity index (χ3n) is 4.03. The molecule has 0 bridgehead atoms. The molecule has 0 saturated carbocycles. The molecular formula is C18H18N2O7S. The summed E-state index contributed by atoms with van der Waals surface area (Å²) in [6, 6.07) is 9.96. The predicted octanol–water partition coefficient (Wildman–Crippen LogP) is 1.10. The lowest BCUT2D eigenvalue weighted by molar-refractivity contribution is -0.124. The molecule has 0 aliphatic carbocycles. The molecule has 148 valence electrons. The number of sulfonamides is 1. The van der Waals surface area contributed by atoms with Gasteiger partial charge in [0, 0.05) is 0 Å². The summed E-state index contributed by atoms with van der Waals surface area (Å²) in [7, 11) is -3.78. The Labute approximate surface area is 161 Å². The number of nitrogens with one attached hydrogen (secondary N) is 1. The van der Waals surface area contributed by atoms with Gasteiger partial charge in [-0.15, -0.1) is 0 Å². The minimum Gasteiger partial charge on any atom is -0.454 e. The second-order valence-corrected chi connectivity index (χ2v) is 7.61. The van der Waals surface area contributed by atoms with E-state index in [1.807, 2.05) is 0 Å². The fourth-order valence-corrected chi connectivity index (χ4v) is 3.07. The van der Waals surface area contributed by atoms with Gasteiger partial charge in [-0.1, -0.05) is 12.1 Å². The molecule has 3 N–H and O–H groups in total. The molecule has 1 amide bonds. The zero-order chi connectivity index (χ0) is 20.3. The average Bonchev–Trinajstić information content (AvgIpc) is 3.13. The first-order valence-electron chi connectivity index (χ1n) is 8.23. The Hall–Kier alpha value is -3.11. The molecule has 2 aromatic carbocycles. The minimum atomic E-state index is -3.78. The number of ether oxygens (including phenoxy) is 3. The van der Waals surface area contributed by atoms with E-state index >= 15 is 0 Å². The second-order valence-electron chi connectivity index (χ2n) is 6.05. The van der Waals surface area contributed by atoms with E-state index in [2.05, 4.69) is 5.32 Å². The number of fused-ring (bicyclic) bond motifs is 1. The third-order valence-corrected chi connectivity index (χ3v) is 4.96. The maximum Gasteiger partial charge on any atom is 0.338 e. The summed E-state index contributed by atoms with van der Waals surface area (Å²) in [6.45, 7) is 1.34. The van der Waals surface area contributed by atoms with Crippen molar-refractivity contribution in [3.63, 3.8) is 0 Å². The molecule has 2 aromatic rings. The van der Waals surface area contributed by atoms with Crippen LogP contribution in [0, 0.1) is 0 Å². The summed E-state index contributed by atoms with van der Waals surface area (Å²) in [5.41, 5.74) is 0.909. The molecule has 9 nitrogen and oxygen atoms in total. The zero-order valence-electron chi connectivity index (χ0n) is 14.9. The normalized spacial score (nSPS) is 13.6. The highest BCUT2D eigenvalue weighted by atomic mass is 32.2. The van der Waals surface area contributed by atoms with Crippen LogP contribution in [0.4, 0.5) is 0 Å². The van der Waals surface area contributed by atoms with Crippen molar-refractivity contribution in [3.8, 4) is 11.5 Å². The van der Waals surface area contributed by atoms with Gasteiger partial charge >= 0.3 is 5.97 Å². The van der Waals surface area contributed by atoms with Crippen molar-refractivity contribution in [2.45, 2.75) is 17.9 Å². The van der Waals surface area contributed by atoms with Gasteiger partial charge in [0.15, 0.2) is 18.1 Å². The first-order valence-corrected chi connectivity index (χ1v) is 9.77. The summed E-state index contributed by atoms with van der Waals surface area (Å²) in [4.78, 5) is 24.1. The highest BCUT2D eigenvalue weighted by molar-refractivity contribution is 7.89. The maximum atomic E-state index is 12.1. The number of benzene rings is 2. The Morgan fingerprint density at radius 1 is 1.14 bits per heavy atom. The second kappa shape index (κ2) is 7.87. The van der Waals surface area contributed by atoms with Crippen LogP contribution in [0.3, 0.4) is 0 Å². The van der Waals surface area contributed by atoms with E-state index in [4.69, 9.17) is 19.3 Å². The standard InChI is InChI=1S/C18H18N2O7S/c1-11(12-2-5-14(6-3-12)28(19,23)24)20-17(21)9-25-18(22)13-4-7-15-16(8-13)27-10-26-15/h2-8,11H,9-10H2,1H3,(H,20,21)(H2,19,23,24)/t11-/m0/s1. The van der Waals surface area contributed by atoms with Crippen molar-refractivity contribution >= 4 is 21.9 Å². The van der Waals surface area contributed by atoms with Gasteiger partial charge in [-0.2, -0.15) is 0 Å². The number of amides is 1. The van der Waals surface area contributed by atoms with Gasteiger partial charge in [-0.05, 0) is 42.8 Å². The molecule has 1 aliphatic heterocycles. The van der Waals surface area contributed by atoms with Crippen LogP contribution in [-0.4, -0.2) is 33.7 Å². The van der Waals surface area contributed by atoms with Crippen LogP contribution in [-0.2, 0) is 19.6 Å². The maximum absolute atomic E-state index is 12.1. The van der Waals surface area contributed by atoms with Gasteiger partial charge in [0.25, 0.3) is 5.91 Å². The SMILES string of the molecule is C[C@H](NC(=O)COC(=O)c1ccc2c(c1)OCO2)c1ccc(S(N)(=O)=O)cc1. The monoisotopic (exact) mass is 406 g/mol. The quantitative estimate of drug-likeness (QED) is 0.686. The topological polar surface area (TPSA) is 134 Å². The molecule has 0 aromatic heterocycles. The van der Waals surface area contributed by atoms with Gasteiger partial charge < -0.3 is 19.5 Å². The fourth-order valence-electron chi connectivity index (χ4n) is 2.55. The molecule has 3 rings (SSSR count). The van der Waals surface area contributed by atoms with E-state index in [0.29, 0.717) is 17.1 Å². The van der Waals surface area contributed by atoms with Gasteiger partial charge in [-0.25, -0.2) is 18.4 Å². The molecule has 0 unspecified atom stereocenters. The van der Waals surface area contributed by atoms with Crippen molar-refractivity contribution in [2.75, 3.05) is 13.4 Å². The summed E-state index contributed by atoms with van der Waals surface area (Å²) >= 11 is 0. The Morgan fingerprint density at radius 3 is 2.50 bits per heavy atom. The van der Waals surface area contributed by atoms with E-state index < -0.39 is 34.5 Å². The largest absolute Gasteiger partial charge is 0.454 e. The summed E-state index contributed by atoms with van der Waals surface area (Å²) in [5.74, 6) is -0.192. The van der Waals surface area contributed by atoms with Crippen molar-refractivity contribution in [1.82, 2.24) is 5.32 Å². The lowest BCUT2D eigenvalue weighted by Gasteiger charge is -2.15. The lowest BCUT2D eigenvalue weighted by Crippen LogP contribution is -2.31. The summed E-state index contributed by atoms with van der Waals surface area (Å²) < 4.78 is 37.9. The smallest absolute Gasteiger partial charge is 0.338 e. The third kappa shape index (κ3) is 4.59. The molecule has 28 heavy (non-hydrogen) atoms. The molecular weight excluding hydrogens is 388 g/mol. The Bertz CT molecular complexity index is 1000. The first kappa shape index (κ1) is 19.6. The summed E-state index contributed by atoms with van der Waals surface area (Å²) in [6.07, 6.45) is 0. The van der Waals surface area contributed by atoms with Crippen LogP contribution in [0.2, 0.25) is 0 Å². The van der Waals surface area contributed by atoms with Crippen LogP contribution in [0.25, 0.3) is 0 Å². The average molecular weight is 406 g/mol. The highest BCUT2D eigenvalue weighted by Crippen LogP contribution is 2.32. The fraction of sp³-hybridized carbons (Fsp3) is 0.222. The number of carbonyl (C=O) groups excluding carboxylic acids is 2. The molecule has 10 heteroatoms. The first-order chi connectivity index (χ1) is 13.2. The number of hydrogen-bond donors (Lipinski definition) is 2. The van der Waals surface area contributed by atoms with E-state index in [-0.39, 0.29) is 17.3 Å². The molecule has 0 spiro atoms. The molecule has 0 radical (unpaired) electrons. The van der Waals surface area contributed by atoms with E-state index in [1.165, 1.54) is 24.3 Å². The van der Waals surface area contributed by atoms with Crippen molar-refractivity contribution < 1.29 is 32.2 Å². The van der Waals surface area contributed by atoms with Crippen LogP contribution >= 0.6 is 0 Å². The lowest BCUT2D eigenvalue weighted by atomic mass is 10.1. The van der Waals surface area contributed by atoms with E-state index in [9.17, 15) is 18.0 Å². The highest BCUT2D eigenvalue weighted by Gasteiger charge is 2.18. The van der Waals surface area contributed by atoms with Crippen molar-refractivity contribution in [3.05, 3.63) is 53.6 Å². The van der Waals surface area contributed by atoms with Crippen LogP contribution in [0.15, 0.2) is 47.4 Å². The van der Waals surface area contributed by atoms with Crippen molar-refractivity contribution in [1.29, 1.82) is 0 Å². The van der Waals surface area contributed by atoms with Crippen LogP contribution in [0.5, 0.6) is 11.5 Å². The predicted molar refractivity (Wildman–Crippen MR) is 97.2 cm³/mol. The Kier molecular flexibility index (Phi) is 5.52. The van der Waals surface area contributed by atoms with E-state index in [0.717, 1.165) is 0 Å². The zero-order valence-corrected chi connectivity index (χ0v) is 15.7. The van der Waals surface area contributed by atoms with Crippen LogP contribution in [0.1, 0.15) is 28.9 Å². The number of esters is 1. The van der Waals surface area contributed by atoms with E-state index in [1.54, 1.807) is 25.1 Å². The molecule has 0 fully saturated rings. The van der Waals surface area contributed by atoms with Gasteiger partial charge in [-0.3, -0.25) is 4.79 Å². The van der Waals surface area contributed by atoms with Crippen molar-refractivity contribution in [2.24, 2.45) is 5.14 Å². The number of hydrogen-bond acceptors (Lipinski definition) is 7. The van der Waals surface area contributed by atoms with Gasteiger partial charge in [0.1, 0.15) is 0 Å². The minimum absolute atomic E-state index is 0.0209. The van der Waals surface area contributed by atoms with Gasteiger partial charge in [0.05, 0.1) is 16.5 Å². The Morgan fingerprint density at radius 2 is 1.82 bits per heavy atom. The number of primary sulfonamides is 1. The number of nitrogens with two attached hydrogens (primary N) is 1. The molecule has 1 atom stereocenters.